The van der Waals surface area contributed by atoms with E-state index in [1.807, 2.05) is 18.3 Å². The maximum Gasteiger partial charge on any atom is 0.308 e. The number of hydrazine groups is 1. The Morgan fingerprint density at radius 3 is 3.00 bits per heavy atom. The van der Waals surface area contributed by atoms with Crippen LogP contribution in [0, 0.1) is 11.8 Å². The van der Waals surface area contributed by atoms with E-state index in [0.29, 0.717) is 5.92 Å². The van der Waals surface area contributed by atoms with Gasteiger partial charge in [-0.25, -0.2) is 5.43 Å². The quantitative estimate of drug-likeness (QED) is 0.729. The third-order valence-electron chi connectivity index (χ3n) is 4.14. The first kappa shape index (κ1) is 11.6. The first-order valence-corrected chi connectivity index (χ1v) is 6.41. The van der Waals surface area contributed by atoms with Crippen LogP contribution in [0.4, 0.5) is 0 Å². The van der Waals surface area contributed by atoms with Crippen molar-refractivity contribution >= 4 is 5.97 Å². The standard InChI is InChI=1S/C13H17N3O2/c17-13(18)10-5-1-4-9-11(15-16-12(9)10)8-3-2-6-14-7-8/h2-3,6-7,9-12,15-16H,1,4-5H2,(H,17,18). The summed E-state index contributed by atoms with van der Waals surface area (Å²) in [5.41, 5.74) is 7.55. The average Bonchev–Trinajstić information content (AvgIpc) is 2.83. The van der Waals surface area contributed by atoms with Crippen molar-refractivity contribution in [1.82, 2.24) is 15.8 Å². The highest BCUT2D eigenvalue weighted by Crippen LogP contribution is 2.40. The van der Waals surface area contributed by atoms with Crippen molar-refractivity contribution in [2.45, 2.75) is 31.3 Å². The number of hydrogen-bond acceptors (Lipinski definition) is 4. The monoisotopic (exact) mass is 247 g/mol. The lowest BCUT2D eigenvalue weighted by atomic mass is 9.74. The van der Waals surface area contributed by atoms with Crippen LogP contribution in [0.2, 0.25) is 0 Å². The van der Waals surface area contributed by atoms with E-state index in [1.165, 1.54) is 0 Å². The highest BCUT2D eigenvalue weighted by atomic mass is 16.4. The molecule has 1 aliphatic carbocycles. The zero-order chi connectivity index (χ0) is 12.5. The number of aliphatic carboxylic acids is 1. The van der Waals surface area contributed by atoms with E-state index in [-0.39, 0.29) is 18.0 Å². The van der Waals surface area contributed by atoms with Crippen LogP contribution in [0.15, 0.2) is 24.5 Å². The molecule has 3 N–H and O–H groups in total. The molecule has 2 aliphatic rings. The van der Waals surface area contributed by atoms with Gasteiger partial charge in [0.1, 0.15) is 0 Å². The summed E-state index contributed by atoms with van der Waals surface area (Å²) >= 11 is 0. The summed E-state index contributed by atoms with van der Waals surface area (Å²) in [6, 6.07) is 4.16. The Morgan fingerprint density at radius 2 is 2.28 bits per heavy atom. The number of carboxylic acids is 1. The lowest BCUT2D eigenvalue weighted by Crippen LogP contribution is -2.43. The Morgan fingerprint density at radius 1 is 1.39 bits per heavy atom. The molecule has 18 heavy (non-hydrogen) atoms. The molecule has 4 unspecified atom stereocenters. The molecule has 0 aromatic carbocycles. The maximum atomic E-state index is 11.3. The zero-order valence-corrected chi connectivity index (χ0v) is 10.0. The minimum Gasteiger partial charge on any atom is -0.481 e. The number of aromatic nitrogens is 1. The SMILES string of the molecule is O=C(O)C1CCCC2C(c3cccnc3)NNC12. The summed E-state index contributed by atoms with van der Waals surface area (Å²) in [7, 11) is 0. The van der Waals surface area contributed by atoms with Gasteiger partial charge in [-0.3, -0.25) is 15.2 Å². The lowest BCUT2D eigenvalue weighted by molar-refractivity contribution is -0.144. The molecule has 5 heteroatoms. The first-order chi connectivity index (χ1) is 8.77. The van der Waals surface area contributed by atoms with Gasteiger partial charge in [0.25, 0.3) is 0 Å². The number of nitrogens with zero attached hydrogens (tertiary/aromatic N) is 1. The Bertz CT molecular complexity index is 437. The first-order valence-electron chi connectivity index (χ1n) is 6.41. The van der Waals surface area contributed by atoms with Crippen molar-refractivity contribution in [3.8, 4) is 0 Å². The van der Waals surface area contributed by atoms with Gasteiger partial charge in [0.2, 0.25) is 0 Å². The van der Waals surface area contributed by atoms with Gasteiger partial charge in [0, 0.05) is 18.4 Å². The molecule has 1 aromatic heterocycles. The topological polar surface area (TPSA) is 74.2 Å². The molecule has 5 nitrogen and oxygen atoms in total. The van der Waals surface area contributed by atoms with Crippen molar-refractivity contribution in [2.24, 2.45) is 11.8 Å². The number of hydrogen-bond donors (Lipinski definition) is 3. The molecule has 1 aliphatic heterocycles. The largest absolute Gasteiger partial charge is 0.481 e. The van der Waals surface area contributed by atoms with E-state index in [4.69, 9.17) is 0 Å². The molecule has 3 rings (SSSR count). The fraction of sp³-hybridized carbons (Fsp3) is 0.538. The number of carbonyl (C=O) groups is 1. The molecule has 2 heterocycles. The highest BCUT2D eigenvalue weighted by molar-refractivity contribution is 5.71. The molecule has 1 saturated heterocycles. The molecular formula is C13H17N3O2. The van der Waals surface area contributed by atoms with Crippen LogP contribution in [0.3, 0.4) is 0 Å². The van der Waals surface area contributed by atoms with Gasteiger partial charge in [-0.2, -0.15) is 0 Å². The molecule has 0 radical (unpaired) electrons. The second-order valence-electron chi connectivity index (χ2n) is 5.12. The minimum absolute atomic E-state index is 0.0291. The van der Waals surface area contributed by atoms with E-state index in [0.717, 1.165) is 24.8 Å². The number of nitrogens with one attached hydrogen (secondary N) is 2. The summed E-state index contributed by atoms with van der Waals surface area (Å²) in [5, 5.41) is 9.26. The highest BCUT2D eigenvalue weighted by Gasteiger charge is 2.45. The Kier molecular flexibility index (Phi) is 3.01. The van der Waals surface area contributed by atoms with E-state index in [2.05, 4.69) is 15.8 Å². The van der Waals surface area contributed by atoms with Gasteiger partial charge in [-0.1, -0.05) is 12.5 Å². The number of fused-ring (bicyclic) bond motifs is 1. The second-order valence-corrected chi connectivity index (χ2v) is 5.12. The van der Waals surface area contributed by atoms with Crippen LogP contribution in [0.5, 0.6) is 0 Å². The molecule has 1 aromatic rings. The molecule has 1 saturated carbocycles. The van der Waals surface area contributed by atoms with Crippen LogP contribution >= 0.6 is 0 Å². The number of rotatable bonds is 2. The van der Waals surface area contributed by atoms with Crippen LogP contribution in [0.1, 0.15) is 30.9 Å². The number of carboxylic acid groups (broad SMARTS) is 1. The molecule has 0 amide bonds. The third-order valence-corrected chi connectivity index (χ3v) is 4.14. The minimum atomic E-state index is -0.689. The summed E-state index contributed by atoms with van der Waals surface area (Å²) in [6.07, 6.45) is 6.42. The molecule has 96 valence electrons. The maximum absolute atomic E-state index is 11.3. The zero-order valence-electron chi connectivity index (χ0n) is 10.0. The van der Waals surface area contributed by atoms with Gasteiger partial charge in [-0.05, 0) is 30.4 Å². The Hall–Kier alpha value is -1.46. The molecular weight excluding hydrogens is 230 g/mol. The van der Waals surface area contributed by atoms with Crippen LogP contribution in [-0.2, 0) is 4.79 Å². The summed E-state index contributed by atoms with van der Waals surface area (Å²) in [5.74, 6) is -0.632. The van der Waals surface area contributed by atoms with Crippen molar-refractivity contribution < 1.29 is 9.90 Å². The van der Waals surface area contributed by atoms with Crippen LogP contribution in [-0.4, -0.2) is 22.1 Å². The number of pyridine rings is 1. The van der Waals surface area contributed by atoms with Gasteiger partial charge in [0.15, 0.2) is 0 Å². The Labute approximate surface area is 106 Å². The van der Waals surface area contributed by atoms with Crippen molar-refractivity contribution in [1.29, 1.82) is 0 Å². The molecule has 0 spiro atoms. The summed E-state index contributed by atoms with van der Waals surface area (Å²) in [4.78, 5) is 15.4. The fourth-order valence-electron chi connectivity index (χ4n) is 3.27. The Balaban J connectivity index is 1.83. The van der Waals surface area contributed by atoms with E-state index in [9.17, 15) is 9.90 Å². The smallest absolute Gasteiger partial charge is 0.308 e. The third kappa shape index (κ3) is 1.89. The second kappa shape index (κ2) is 4.66. The fourth-order valence-corrected chi connectivity index (χ4v) is 3.27. The summed E-state index contributed by atoms with van der Waals surface area (Å²) in [6.45, 7) is 0. The predicted molar refractivity (Wildman–Crippen MR) is 65.5 cm³/mol. The van der Waals surface area contributed by atoms with Gasteiger partial charge < -0.3 is 5.11 Å². The van der Waals surface area contributed by atoms with Crippen molar-refractivity contribution in [3.63, 3.8) is 0 Å². The molecule has 4 atom stereocenters. The van der Waals surface area contributed by atoms with Gasteiger partial charge >= 0.3 is 5.97 Å². The van der Waals surface area contributed by atoms with Crippen molar-refractivity contribution in [2.75, 3.05) is 0 Å². The van der Waals surface area contributed by atoms with E-state index >= 15 is 0 Å². The average molecular weight is 247 g/mol. The normalized spacial score (nSPS) is 35.1. The van der Waals surface area contributed by atoms with Gasteiger partial charge in [0.05, 0.1) is 12.0 Å². The van der Waals surface area contributed by atoms with E-state index in [1.54, 1.807) is 6.20 Å². The van der Waals surface area contributed by atoms with Crippen LogP contribution in [0.25, 0.3) is 0 Å². The van der Waals surface area contributed by atoms with Gasteiger partial charge in [-0.15, -0.1) is 0 Å². The predicted octanol–water partition coefficient (Wildman–Crippen LogP) is 1.10. The molecule has 2 fully saturated rings. The van der Waals surface area contributed by atoms with E-state index < -0.39 is 5.97 Å². The van der Waals surface area contributed by atoms with Crippen molar-refractivity contribution in [3.05, 3.63) is 30.1 Å². The van der Waals surface area contributed by atoms with Crippen LogP contribution < -0.4 is 10.9 Å². The summed E-state index contributed by atoms with van der Waals surface area (Å²) < 4.78 is 0. The lowest BCUT2D eigenvalue weighted by Gasteiger charge is -2.32. The molecule has 0 bridgehead atoms.